The summed E-state index contributed by atoms with van der Waals surface area (Å²) in [7, 11) is 0. The van der Waals surface area contributed by atoms with Crippen LogP contribution in [0.3, 0.4) is 0 Å². The van der Waals surface area contributed by atoms with E-state index in [-0.39, 0.29) is 10.9 Å². The number of rotatable bonds is 4. The fourth-order valence-corrected chi connectivity index (χ4v) is 3.13. The number of alkyl halides is 3. The van der Waals surface area contributed by atoms with E-state index in [0.29, 0.717) is 5.92 Å². The first kappa shape index (κ1) is 17.8. The Morgan fingerprint density at radius 3 is 2.09 bits per heavy atom. The van der Waals surface area contributed by atoms with Gasteiger partial charge in [0, 0.05) is 6.04 Å². The summed E-state index contributed by atoms with van der Waals surface area (Å²) in [6.07, 6.45) is 0.131. The number of urea groups is 2. The Morgan fingerprint density at radius 1 is 1.09 bits per heavy atom. The number of hydrogen-bond acceptors (Lipinski definition) is 3. The third kappa shape index (κ3) is 4.27. The minimum atomic E-state index is -4.66. The van der Waals surface area contributed by atoms with Gasteiger partial charge in [0.25, 0.3) is 0 Å². The molecule has 2 rings (SSSR count). The fraction of sp³-hybridized carbons (Fsp3) is 0.857. The third-order valence-corrected chi connectivity index (χ3v) is 4.62. The standard InChI is InChI=1S/C14H23F3N4O2/c1-8(10-6-4-3-5-7-10)18-11-19-12(22)21(13(23)20-11)9(2)14(15,16)17/h8-11,18H,3-7H2,1-2H3,(H,19,22)(H,20,23)/t8-,9+/m0/s1. The highest BCUT2D eigenvalue weighted by atomic mass is 19.4. The van der Waals surface area contributed by atoms with Crippen molar-refractivity contribution in [2.45, 2.75) is 70.5 Å². The highest BCUT2D eigenvalue weighted by Gasteiger charge is 2.47. The van der Waals surface area contributed by atoms with E-state index in [4.69, 9.17) is 0 Å². The second-order valence-electron chi connectivity index (χ2n) is 6.27. The van der Waals surface area contributed by atoms with Gasteiger partial charge in [0.05, 0.1) is 0 Å². The summed E-state index contributed by atoms with van der Waals surface area (Å²) in [5.41, 5.74) is 0. The first-order valence-corrected chi connectivity index (χ1v) is 7.93. The number of carbonyl (C=O) groups excluding carboxylic acids is 2. The molecule has 3 N–H and O–H groups in total. The van der Waals surface area contributed by atoms with Crippen molar-refractivity contribution in [1.29, 1.82) is 0 Å². The van der Waals surface area contributed by atoms with Crippen LogP contribution in [-0.4, -0.2) is 41.5 Å². The molecular weight excluding hydrogens is 313 g/mol. The fourth-order valence-electron chi connectivity index (χ4n) is 3.13. The summed E-state index contributed by atoms with van der Waals surface area (Å²) in [6, 6.07) is -4.23. The minimum absolute atomic E-state index is 0.0486. The molecule has 0 unspecified atom stereocenters. The second-order valence-corrected chi connectivity index (χ2v) is 6.27. The van der Waals surface area contributed by atoms with Crippen LogP contribution in [0.1, 0.15) is 46.0 Å². The number of hydrogen-bond donors (Lipinski definition) is 3. The van der Waals surface area contributed by atoms with Crippen LogP contribution in [0.5, 0.6) is 0 Å². The largest absolute Gasteiger partial charge is 0.409 e. The van der Waals surface area contributed by atoms with Crippen LogP contribution in [0.4, 0.5) is 22.8 Å². The van der Waals surface area contributed by atoms with Crippen molar-refractivity contribution in [2.24, 2.45) is 5.92 Å². The predicted octanol–water partition coefficient (Wildman–Crippen LogP) is 2.51. The van der Waals surface area contributed by atoms with E-state index in [2.05, 4.69) is 16.0 Å². The van der Waals surface area contributed by atoms with E-state index in [1.54, 1.807) is 0 Å². The zero-order chi connectivity index (χ0) is 17.2. The van der Waals surface area contributed by atoms with E-state index in [1.807, 2.05) is 6.92 Å². The summed E-state index contributed by atoms with van der Waals surface area (Å²) in [5, 5.41) is 7.80. The Morgan fingerprint density at radius 2 is 1.61 bits per heavy atom. The van der Waals surface area contributed by atoms with E-state index in [1.165, 1.54) is 6.42 Å². The number of amides is 4. The summed E-state index contributed by atoms with van der Waals surface area (Å²) in [5.74, 6) is 0.435. The molecule has 132 valence electrons. The maximum absolute atomic E-state index is 12.7. The molecule has 23 heavy (non-hydrogen) atoms. The number of nitrogens with zero attached hydrogens (tertiary/aromatic N) is 1. The van der Waals surface area contributed by atoms with Gasteiger partial charge < -0.3 is 10.6 Å². The van der Waals surface area contributed by atoms with Crippen molar-refractivity contribution >= 4 is 12.1 Å². The lowest BCUT2D eigenvalue weighted by Crippen LogP contribution is -2.71. The van der Waals surface area contributed by atoms with Crippen molar-refractivity contribution in [3.05, 3.63) is 0 Å². The first-order valence-electron chi connectivity index (χ1n) is 7.93. The van der Waals surface area contributed by atoms with Gasteiger partial charge in [0.15, 0.2) is 6.29 Å². The zero-order valence-electron chi connectivity index (χ0n) is 13.2. The molecule has 1 heterocycles. The molecule has 1 aliphatic heterocycles. The Bertz CT molecular complexity index is 434. The van der Waals surface area contributed by atoms with Crippen LogP contribution in [-0.2, 0) is 0 Å². The molecule has 2 aliphatic rings. The highest BCUT2D eigenvalue weighted by molar-refractivity contribution is 5.96. The average Bonchev–Trinajstić information content (AvgIpc) is 2.46. The van der Waals surface area contributed by atoms with Crippen molar-refractivity contribution < 1.29 is 22.8 Å². The Labute approximate surface area is 133 Å². The monoisotopic (exact) mass is 336 g/mol. The van der Waals surface area contributed by atoms with Gasteiger partial charge in [-0.25, -0.2) is 14.5 Å². The number of nitrogens with one attached hydrogen (secondary N) is 3. The summed E-state index contributed by atoms with van der Waals surface area (Å²) in [4.78, 5) is 23.9. The predicted molar refractivity (Wildman–Crippen MR) is 77.4 cm³/mol. The van der Waals surface area contributed by atoms with Crippen LogP contribution in [0.2, 0.25) is 0 Å². The molecule has 0 radical (unpaired) electrons. The van der Waals surface area contributed by atoms with Crippen LogP contribution in [0, 0.1) is 5.92 Å². The molecule has 1 aliphatic carbocycles. The Balaban J connectivity index is 1.93. The SMILES string of the molecule is C[C@H](NC1NC(=O)N([C@H](C)C(F)(F)F)C(=O)N1)C1CCCCC1. The molecule has 0 aromatic carbocycles. The van der Waals surface area contributed by atoms with Gasteiger partial charge in [0.1, 0.15) is 6.04 Å². The lowest BCUT2D eigenvalue weighted by molar-refractivity contribution is -0.166. The second kappa shape index (κ2) is 6.94. The van der Waals surface area contributed by atoms with Gasteiger partial charge in [-0.05, 0) is 32.6 Å². The lowest BCUT2D eigenvalue weighted by atomic mass is 9.84. The topological polar surface area (TPSA) is 73.5 Å². The third-order valence-electron chi connectivity index (χ3n) is 4.62. The van der Waals surface area contributed by atoms with Crippen molar-refractivity contribution in [1.82, 2.24) is 20.9 Å². The van der Waals surface area contributed by atoms with Gasteiger partial charge in [0.2, 0.25) is 0 Å². The van der Waals surface area contributed by atoms with E-state index < -0.39 is 30.6 Å². The van der Waals surface area contributed by atoms with E-state index in [0.717, 1.165) is 32.6 Å². The lowest BCUT2D eigenvalue weighted by Gasteiger charge is -2.38. The molecule has 4 amide bonds. The summed E-state index contributed by atoms with van der Waals surface area (Å²) >= 11 is 0. The van der Waals surface area contributed by atoms with Crippen LogP contribution in [0.25, 0.3) is 0 Å². The molecule has 2 atom stereocenters. The molecule has 6 nitrogen and oxygen atoms in total. The molecule has 1 saturated heterocycles. The maximum atomic E-state index is 12.7. The number of carbonyl (C=O) groups is 2. The summed E-state index contributed by atoms with van der Waals surface area (Å²) < 4.78 is 38.1. The normalized spacial score (nSPS) is 24.1. The number of imide groups is 1. The zero-order valence-corrected chi connectivity index (χ0v) is 13.2. The highest BCUT2D eigenvalue weighted by Crippen LogP contribution is 2.27. The van der Waals surface area contributed by atoms with Crippen molar-refractivity contribution in [2.75, 3.05) is 0 Å². The molecule has 0 aromatic heterocycles. The maximum Gasteiger partial charge on any atom is 0.409 e. The van der Waals surface area contributed by atoms with Gasteiger partial charge in [-0.1, -0.05) is 19.3 Å². The smallest absolute Gasteiger partial charge is 0.305 e. The van der Waals surface area contributed by atoms with Crippen molar-refractivity contribution in [3.63, 3.8) is 0 Å². The molecule has 1 saturated carbocycles. The Hall–Kier alpha value is -1.51. The van der Waals surface area contributed by atoms with Crippen molar-refractivity contribution in [3.8, 4) is 0 Å². The van der Waals surface area contributed by atoms with Gasteiger partial charge in [-0.3, -0.25) is 5.32 Å². The molecule has 0 bridgehead atoms. The quantitative estimate of drug-likeness (QED) is 0.738. The van der Waals surface area contributed by atoms with Crippen LogP contribution < -0.4 is 16.0 Å². The molecule has 0 aromatic rings. The van der Waals surface area contributed by atoms with Gasteiger partial charge in [-0.15, -0.1) is 0 Å². The molecule has 0 spiro atoms. The molecule has 2 fully saturated rings. The molecular formula is C14H23F3N4O2. The first-order chi connectivity index (χ1) is 10.7. The Kier molecular flexibility index (Phi) is 5.38. The minimum Gasteiger partial charge on any atom is -0.305 e. The van der Waals surface area contributed by atoms with E-state index in [9.17, 15) is 22.8 Å². The summed E-state index contributed by atoms with van der Waals surface area (Å²) in [6.45, 7) is 2.73. The van der Waals surface area contributed by atoms with E-state index >= 15 is 0 Å². The molecule has 9 heteroatoms. The van der Waals surface area contributed by atoms with Gasteiger partial charge >= 0.3 is 18.2 Å². The van der Waals surface area contributed by atoms with Crippen LogP contribution >= 0.6 is 0 Å². The van der Waals surface area contributed by atoms with Crippen LogP contribution in [0.15, 0.2) is 0 Å². The average molecular weight is 336 g/mol. The van der Waals surface area contributed by atoms with Gasteiger partial charge in [-0.2, -0.15) is 13.2 Å². The number of halogens is 3.